The van der Waals surface area contributed by atoms with Crippen LogP contribution in [-0.2, 0) is 15.3 Å². The van der Waals surface area contributed by atoms with Gasteiger partial charge in [0, 0.05) is 27.8 Å². The number of benzene rings is 8. The van der Waals surface area contributed by atoms with Gasteiger partial charge in [0.15, 0.2) is 17.5 Å². The molecular formula is C53H33N3O2S. The molecule has 0 bridgehead atoms. The SMILES string of the molecule is [2H]c1c([2H])c([2H])c(-c2nc(-c3ccc4c(c3)C3(c5ccccc5-c5ccccc5-4)c4ccccc4-c4cc5c(cc43)-c3ccccc3S5(=O)=O)nc(-c3c([2H])c([2H])c([2H])c(C)c3[2H])n2)c([2H])c1[2H]. The van der Waals surface area contributed by atoms with Crippen molar-refractivity contribution in [1.82, 2.24) is 15.0 Å². The quantitative estimate of drug-likeness (QED) is 0.178. The van der Waals surface area contributed by atoms with Crippen LogP contribution in [0, 0.1) is 6.92 Å². The van der Waals surface area contributed by atoms with E-state index in [0.29, 0.717) is 16.7 Å². The van der Waals surface area contributed by atoms with Crippen molar-refractivity contribution in [1.29, 1.82) is 0 Å². The van der Waals surface area contributed by atoms with Gasteiger partial charge >= 0.3 is 0 Å². The summed E-state index contributed by atoms with van der Waals surface area (Å²) < 4.78 is 107. The zero-order valence-corrected chi connectivity index (χ0v) is 32.0. The number of sulfone groups is 1. The summed E-state index contributed by atoms with van der Waals surface area (Å²) in [7, 11) is -3.86. The molecule has 1 aromatic heterocycles. The molecule has 1 spiro atoms. The smallest absolute Gasteiger partial charge is 0.207 e. The minimum absolute atomic E-state index is 0.0148. The van der Waals surface area contributed by atoms with Crippen molar-refractivity contribution in [3.05, 3.63) is 210 Å². The largest absolute Gasteiger partial charge is 0.218 e. The molecule has 0 radical (unpaired) electrons. The van der Waals surface area contributed by atoms with E-state index in [2.05, 4.69) is 35.3 Å². The molecule has 9 aromatic rings. The van der Waals surface area contributed by atoms with Crippen LogP contribution in [0.15, 0.2) is 192 Å². The average Bonchev–Trinajstić information content (AvgIpc) is 3.73. The van der Waals surface area contributed by atoms with Crippen LogP contribution in [0.25, 0.3) is 78.7 Å². The number of hydrogen-bond donors (Lipinski definition) is 0. The molecule has 59 heavy (non-hydrogen) atoms. The van der Waals surface area contributed by atoms with Crippen LogP contribution in [0.4, 0.5) is 0 Å². The first-order valence-electron chi connectivity index (χ1n) is 23.5. The molecule has 0 saturated carbocycles. The Balaban J connectivity index is 1.22. The minimum Gasteiger partial charge on any atom is -0.218 e. The molecule has 1 atom stereocenters. The van der Waals surface area contributed by atoms with E-state index < -0.39 is 57.5 Å². The molecular weight excluding hydrogens is 743 g/mol. The first kappa shape index (κ1) is 25.9. The topological polar surface area (TPSA) is 72.8 Å². The molecule has 2 heterocycles. The molecule has 1 aliphatic heterocycles. The molecule has 0 amide bonds. The molecule has 278 valence electrons. The lowest BCUT2D eigenvalue weighted by Crippen LogP contribution is -2.29. The Morgan fingerprint density at radius 3 is 1.69 bits per heavy atom. The van der Waals surface area contributed by atoms with Crippen molar-refractivity contribution in [2.24, 2.45) is 0 Å². The van der Waals surface area contributed by atoms with E-state index in [1.54, 1.807) is 12.1 Å². The summed E-state index contributed by atoms with van der Waals surface area (Å²) in [4.78, 5) is 14.8. The van der Waals surface area contributed by atoms with Gasteiger partial charge in [0.05, 0.1) is 27.5 Å². The molecule has 2 aliphatic carbocycles. The number of aromatic nitrogens is 3. The van der Waals surface area contributed by atoms with Crippen LogP contribution in [-0.4, -0.2) is 23.4 Å². The molecule has 0 fully saturated rings. The summed E-state index contributed by atoms with van der Waals surface area (Å²) in [5.41, 5.74) is 8.94. The van der Waals surface area contributed by atoms with Crippen molar-refractivity contribution in [2.75, 3.05) is 0 Å². The van der Waals surface area contributed by atoms with E-state index in [1.807, 2.05) is 84.9 Å². The van der Waals surface area contributed by atoms with Crippen LogP contribution < -0.4 is 0 Å². The molecule has 8 aromatic carbocycles. The van der Waals surface area contributed by atoms with Crippen molar-refractivity contribution in [3.8, 4) is 78.7 Å². The van der Waals surface area contributed by atoms with Crippen LogP contribution in [0.2, 0.25) is 0 Å². The van der Waals surface area contributed by atoms with Crippen molar-refractivity contribution in [2.45, 2.75) is 22.1 Å². The Hall–Kier alpha value is -7.28. The van der Waals surface area contributed by atoms with Crippen molar-refractivity contribution < 1.29 is 20.8 Å². The molecule has 5 nitrogen and oxygen atoms in total. The maximum atomic E-state index is 14.3. The normalized spacial score (nSPS) is 18.0. The minimum atomic E-state index is -3.86. The van der Waals surface area contributed by atoms with Crippen LogP contribution in [0.3, 0.4) is 0 Å². The highest BCUT2D eigenvalue weighted by atomic mass is 32.2. The zero-order chi connectivity index (χ0) is 47.3. The highest BCUT2D eigenvalue weighted by molar-refractivity contribution is 7.92. The number of fused-ring (bicyclic) bond motifs is 15. The van der Waals surface area contributed by atoms with Crippen LogP contribution in [0.5, 0.6) is 0 Å². The Morgan fingerprint density at radius 1 is 0.441 bits per heavy atom. The third kappa shape index (κ3) is 4.72. The van der Waals surface area contributed by atoms with Crippen molar-refractivity contribution in [3.63, 3.8) is 0 Å². The summed E-state index contributed by atoms with van der Waals surface area (Å²) >= 11 is 0. The predicted molar refractivity (Wildman–Crippen MR) is 233 cm³/mol. The highest BCUT2D eigenvalue weighted by Gasteiger charge is 2.51. The molecule has 12 rings (SSSR count). The standard InChI is InChI=1S/C53H33N3O2S/c1-32-14-13-17-34(28-32)51-54-50(33-15-3-2-4-16-33)55-52(56-51)35-26-27-40-37-19-6-5-18-36(37)38-20-7-10-23-44(38)53(46(40)29-35)45-24-11-8-21-39(45)42-31-49-43(30-47(42)53)41-22-9-12-25-48(41)59(49,57)58/h2-31H,1H3/i2D,3D,4D,13D,14D,15D,16D,17D,28D. The number of rotatable bonds is 3. The second-order valence-electron chi connectivity index (χ2n) is 14.8. The summed E-state index contributed by atoms with van der Waals surface area (Å²) in [5, 5.41) is 0. The zero-order valence-electron chi connectivity index (χ0n) is 40.2. The van der Waals surface area contributed by atoms with Gasteiger partial charge in [-0.2, -0.15) is 0 Å². The highest BCUT2D eigenvalue weighted by Crippen LogP contribution is 2.63. The maximum absolute atomic E-state index is 14.3. The van der Waals surface area contributed by atoms with Gasteiger partial charge in [0.25, 0.3) is 0 Å². The molecule has 3 aliphatic rings. The summed E-state index contributed by atoms with van der Waals surface area (Å²) in [6, 6.07) is 36.5. The van der Waals surface area contributed by atoms with Crippen molar-refractivity contribution >= 4 is 9.84 Å². The fourth-order valence-corrected chi connectivity index (χ4v) is 11.1. The first-order valence-corrected chi connectivity index (χ1v) is 20.5. The fraction of sp³-hybridized carbons (Fsp3) is 0.0377. The van der Waals surface area contributed by atoms with Gasteiger partial charge in [-0.25, -0.2) is 23.4 Å². The van der Waals surface area contributed by atoms with E-state index in [9.17, 15) is 8.42 Å². The van der Waals surface area contributed by atoms with Gasteiger partial charge in [0.2, 0.25) is 9.84 Å². The molecule has 1 unspecified atom stereocenters. The second kappa shape index (κ2) is 12.4. The van der Waals surface area contributed by atoms with E-state index in [0.717, 1.165) is 55.6 Å². The Bertz CT molecular complexity index is 3770. The number of nitrogens with zero attached hydrogens (tertiary/aromatic N) is 3. The molecule has 0 saturated heterocycles. The third-order valence-electron chi connectivity index (χ3n) is 11.8. The Morgan fingerprint density at radius 2 is 0.983 bits per heavy atom. The Labute approximate surface area is 355 Å². The van der Waals surface area contributed by atoms with Gasteiger partial charge < -0.3 is 0 Å². The molecule has 6 heteroatoms. The predicted octanol–water partition coefficient (Wildman–Crippen LogP) is 12.0. The van der Waals surface area contributed by atoms with Gasteiger partial charge in [-0.1, -0.05) is 157 Å². The second-order valence-corrected chi connectivity index (χ2v) is 16.7. The summed E-state index contributed by atoms with van der Waals surface area (Å²) in [6.45, 7) is 1.49. The van der Waals surface area contributed by atoms with E-state index >= 15 is 0 Å². The summed E-state index contributed by atoms with van der Waals surface area (Å²) in [6.07, 6.45) is 0. The lowest BCUT2D eigenvalue weighted by atomic mass is 9.65. The van der Waals surface area contributed by atoms with Gasteiger partial charge in [-0.15, -0.1) is 0 Å². The molecule has 0 N–H and O–H groups in total. The lowest BCUT2D eigenvalue weighted by molar-refractivity contribution is 0.598. The van der Waals surface area contributed by atoms with Crippen LogP contribution in [0.1, 0.15) is 40.2 Å². The Kier molecular flexibility index (Phi) is 5.42. The van der Waals surface area contributed by atoms with E-state index in [4.69, 9.17) is 22.3 Å². The summed E-state index contributed by atoms with van der Waals surface area (Å²) in [5.74, 6) is -0.581. The van der Waals surface area contributed by atoms with Gasteiger partial charge in [0.1, 0.15) is 0 Å². The third-order valence-corrected chi connectivity index (χ3v) is 13.6. The monoisotopic (exact) mass is 784 g/mol. The van der Waals surface area contributed by atoms with Crippen LogP contribution >= 0.6 is 0 Å². The van der Waals surface area contributed by atoms with Gasteiger partial charge in [-0.05, 0) is 92.9 Å². The fourth-order valence-electron chi connectivity index (χ4n) is 9.37. The maximum Gasteiger partial charge on any atom is 0.207 e. The number of hydrogen-bond acceptors (Lipinski definition) is 5. The van der Waals surface area contributed by atoms with E-state index in [-0.39, 0.29) is 56.0 Å². The first-order chi connectivity index (χ1) is 32.7. The van der Waals surface area contributed by atoms with Gasteiger partial charge in [-0.3, -0.25) is 0 Å². The average molecular weight is 785 g/mol. The lowest BCUT2D eigenvalue weighted by Gasteiger charge is -2.35. The van der Waals surface area contributed by atoms with E-state index in [1.165, 1.54) is 6.92 Å².